The predicted octanol–water partition coefficient (Wildman–Crippen LogP) is 2.95. The van der Waals surface area contributed by atoms with E-state index in [0.29, 0.717) is 11.4 Å². The summed E-state index contributed by atoms with van der Waals surface area (Å²) in [4.78, 5) is 37.6. The number of aromatic nitrogens is 2. The number of esters is 1. The van der Waals surface area contributed by atoms with Gasteiger partial charge in [0.1, 0.15) is 5.69 Å². The summed E-state index contributed by atoms with van der Waals surface area (Å²) in [6.45, 7) is 1.11. The number of rotatable bonds is 7. The number of ether oxygens (including phenoxy) is 3. The van der Waals surface area contributed by atoms with E-state index in [-0.39, 0.29) is 27.8 Å². The molecular weight excluding hydrogens is 438 g/mol. The first kappa shape index (κ1) is 23.0. The normalized spacial score (nSPS) is 10.5. The highest BCUT2D eigenvalue weighted by Crippen LogP contribution is 2.36. The quantitative estimate of drug-likeness (QED) is 0.545. The Morgan fingerprint density at radius 3 is 2.41 bits per heavy atom. The van der Waals surface area contributed by atoms with Crippen molar-refractivity contribution in [3.63, 3.8) is 0 Å². The number of hydrogen-bond donors (Lipinski definition) is 1. The summed E-state index contributed by atoms with van der Waals surface area (Å²) in [6, 6.07) is 11.8. The maximum atomic E-state index is 12.9. The average molecular weight is 460 g/mol. The first-order valence-electron chi connectivity index (χ1n) is 9.51. The fraction of sp³-hybridized carbons (Fsp3) is 0.227. The van der Waals surface area contributed by atoms with E-state index in [0.717, 1.165) is 0 Å². The van der Waals surface area contributed by atoms with E-state index in [4.69, 9.17) is 25.8 Å². The molecule has 0 aliphatic carbocycles. The third kappa shape index (κ3) is 4.47. The molecule has 9 nitrogen and oxygen atoms in total. The second kappa shape index (κ2) is 9.61. The van der Waals surface area contributed by atoms with Gasteiger partial charge in [0.2, 0.25) is 0 Å². The molecule has 32 heavy (non-hydrogen) atoms. The third-order valence-electron chi connectivity index (χ3n) is 4.82. The zero-order valence-electron chi connectivity index (χ0n) is 18.0. The van der Waals surface area contributed by atoms with Crippen LogP contribution in [-0.4, -0.2) is 42.1 Å². The van der Waals surface area contributed by atoms with Crippen molar-refractivity contribution in [2.45, 2.75) is 6.92 Å². The zero-order chi connectivity index (χ0) is 23.4. The van der Waals surface area contributed by atoms with Crippen LogP contribution in [0.3, 0.4) is 0 Å². The predicted molar refractivity (Wildman–Crippen MR) is 119 cm³/mol. The minimum absolute atomic E-state index is 0.0859. The lowest BCUT2D eigenvalue weighted by Gasteiger charge is -2.11. The molecular formula is C22H22ClN3O6. The van der Waals surface area contributed by atoms with Crippen LogP contribution in [0.1, 0.15) is 16.1 Å². The fourth-order valence-electron chi connectivity index (χ4n) is 3.14. The van der Waals surface area contributed by atoms with Crippen LogP contribution < -0.4 is 20.3 Å². The highest BCUT2D eigenvalue weighted by atomic mass is 35.5. The van der Waals surface area contributed by atoms with Gasteiger partial charge in [-0.25, -0.2) is 9.48 Å². The Balaban J connectivity index is 1.73. The third-order valence-corrected chi connectivity index (χ3v) is 5.10. The number of carbonyl (C=O) groups excluding carboxylic acids is 2. The maximum absolute atomic E-state index is 12.9. The van der Waals surface area contributed by atoms with E-state index in [9.17, 15) is 14.4 Å². The molecule has 2 aromatic carbocycles. The van der Waals surface area contributed by atoms with E-state index in [1.165, 1.54) is 31.0 Å². The van der Waals surface area contributed by atoms with Crippen molar-refractivity contribution >= 4 is 29.2 Å². The molecule has 0 saturated carbocycles. The molecule has 0 radical (unpaired) electrons. The number of nitrogens with one attached hydrogen (secondary N) is 1. The maximum Gasteiger partial charge on any atom is 0.338 e. The zero-order valence-corrected chi connectivity index (χ0v) is 18.7. The molecule has 0 bridgehead atoms. The molecule has 0 saturated heterocycles. The summed E-state index contributed by atoms with van der Waals surface area (Å²) in [5.74, 6) is -0.916. The van der Waals surface area contributed by atoms with Crippen molar-refractivity contribution in [1.82, 2.24) is 9.36 Å². The molecule has 0 spiro atoms. The molecule has 0 fully saturated rings. The van der Waals surface area contributed by atoms with Gasteiger partial charge >= 0.3 is 5.97 Å². The lowest BCUT2D eigenvalue weighted by Crippen LogP contribution is -2.25. The smallest absolute Gasteiger partial charge is 0.338 e. The molecule has 168 valence electrons. The van der Waals surface area contributed by atoms with E-state index >= 15 is 0 Å². The van der Waals surface area contributed by atoms with Crippen molar-refractivity contribution in [3.05, 3.63) is 69.1 Å². The lowest BCUT2D eigenvalue weighted by atomic mass is 10.2. The summed E-state index contributed by atoms with van der Waals surface area (Å²) in [5, 5.41) is 2.68. The minimum atomic E-state index is -0.783. The number of anilines is 1. The number of hydrogen-bond acceptors (Lipinski definition) is 6. The Hall–Kier alpha value is -3.72. The molecule has 0 unspecified atom stereocenters. The SMILES string of the molecule is COc1cc(C(=O)OCC(=O)Nc2c(C)n(C)n(-c3ccccc3)c2=O)cc(Cl)c1OC. The number of nitrogens with zero attached hydrogens (tertiary/aromatic N) is 2. The molecule has 0 atom stereocenters. The largest absolute Gasteiger partial charge is 0.493 e. The molecule has 1 aromatic heterocycles. The summed E-state index contributed by atoms with van der Waals surface area (Å²) in [7, 11) is 4.53. The molecule has 3 rings (SSSR count). The Morgan fingerprint density at radius 2 is 1.78 bits per heavy atom. The summed E-state index contributed by atoms with van der Waals surface area (Å²) in [6.07, 6.45) is 0. The van der Waals surface area contributed by atoms with Crippen molar-refractivity contribution in [3.8, 4) is 17.2 Å². The Morgan fingerprint density at radius 1 is 1.09 bits per heavy atom. The average Bonchev–Trinajstić information content (AvgIpc) is 3.00. The summed E-state index contributed by atoms with van der Waals surface area (Å²) < 4.78 is 18.4. The molecule has 1 amide bonds. The van der Waals surface area contributed by atoms with Crippen LogP contribution in [0.2, 0.25) is 5.02 Å². The molecule has 10 heteroatoms. The van der Waals surface area contributed by atoms with Gasteiger partial charge in [0.15, 0.2) is 18.1 Å². The van der Waals surface area contributed by atoms with Crippen molar-refractivity contribution in [2.75, 3.05) is 26.1 Å². The highest BCUT2D eigenvalue weighted by molar-refractivity contribution is 6.32. The number of amides is 1. The topological polar surface area (TPSA) is 101 Å². The summed E-state index contributed by atoms with van der Waals surface area (Å²) >= 11 is 6.10. The van der Waals surface area contributed by atoms with Crippen LogP contribution in [0.4, 0.5) is 5.69 Å². The molecule has 3 aromatic rings. The number of halogens is 1. The van der Waals surface area contributed by atoms with Crippen LogP contribution in [0.5, 0.6) is 11.5 Å². The van der Waals surface area contributed by atoms with E-state index < -0.39 is 24.0 Å². The van der Waals surface area contributed by atoms with Gasteiger partial charge in [-0.1, -0.05) is 29.8 Å². The number of para-hydroxylation sites is 1. The summed E-state index contributed by atoms with van der Waals surface area (Å²) in [5.41, 5.74) is 0.988. The van der Waals surface area contributed by atoms with Gasteiger partial charge in [-0.2, -0.15) is 0 Å². The van der Waals surface area contributed by atoms with Gasteiger partial charge in [-0.3, -0.25) is 14.3 Å². The van der Waals surface area contributed by atoms with Gasteiger partial charge in [-0.05, 0) is 31.2 Å². The minimum Gasteiger partial charge on any atom is -0.493 e. The molecule has 1 heterocycles. The van der Waals surface area contributed by atoms with E-state index in [1.54, 1.807) is 30.8 Å². The second-order valence-electron chi connectivity index (χ2n) is 6.75. The van der Waals surface area contributed by atoms with Crippen molar-refractivity contribution in [2.24, 2.45) is 7.05 Å². The number of methoxy groups -OCH3 is 2. The van der Waals surface area contributed by atoms with Crippen LogP contribution in [0, 0.1) is 6.92 Å². The molecule has 0 aliphatic heterocycles. The Labute approximate surface area is 189 Å². The fourth-order valence-corrected chi connectivity index (χ4v) is 3.43. The molecule has 0 aliphatic rings. The lowest BCUT2D eigenvalue weighted by molar-refractivity contribution is -0.119. The Bertz CT molecular complexity index is 1220. The molecule has 1 N–H and O–H groups in total. The number of benzene rings is 2. The van der Waals surface area contributed by atoms with Crippen LogP contribution in [-0.2, 0) is 16.6 Å². The van der Waals surface area contributed by atoms with Gasteiger partial charge < -0.3 is 19.5 Å². The van der Waals surface area contributed by atoms with Gasteiger partial charge in [0, 0.05) is 7.05 Å². The monoisotopic (exact) mass is 459 g/mol. The first-order chi connectivity index (χ1) is 15.3. The second-order valence-corrected chi connectivity index (χ2v) is 7.16. The van der Waals surface area contributed by atoms with Crippen LogP contribution in [0.25, 0.3) is 5.69 Å². The van der Waals surface area contributed by atoms with Gasteiger partial charge in [-0.15, -0.1) is 0 Å². The van der Waals surface area contributed by atoms with Crippen molar-refractivity contribution in [1.29, 1.82) is 0 Å². The number of carbonyl (C=O) groups is 2. The van der Waals surface area contributed by atoms with Crippen molar-refractivity contribution < 1.29 is 23.8 Å². The van der Waals surface area contributed by atoms with Gasteiger partial charge in [0.05, 0.1) is 36.2 Å². The first-order valence-corrected chi connectivity index (χ1v) is 9.88. The van der Waals surface area contributed by atoms with E-state index in [2.05, 4.69) is 5.32 Å². The Kier molecular flexibility index (Phi) is 6.89. The van der Waals surface area contributed by atoms with E-state index in [1.807, 2.05) is 18.2 Å². The highest BCUT2D eigenvalue weighted by Gasteiger charge is 2.20. The standard InChI is InChI=1S/C22H22ClN3O6/c1-13-19(21(28)26(25(13)2)15-8-6-5-7-9-15)24-18(27)12-32-22(29)14-10-16(23)20(31-4)17(11-14)30-3/h5-11H,12H2,1-4H3,(H,24,27). The van der Waals surface area contributed by atoms with Gasteiger partial charge in [0.25, 0.3) is 11.5 Å². The van der Waals surface area contributed by atoms with Crippen LogP contribution >= 0.6 is 11.6 Å². The van der Waals surface area contributed by atoms with Crippen LogP contribution in [0.15, 0.2) is 47.3 Å².